The maximum Gasteiger partial charge on any atom is 0.0893 e. The first-order chi connectivity index (χ1) is 5.36. The van der Waals surface area contributed by atoms with Gasteiger partial charge in [0, 0.05) is 25.5 Å². The summed E-state index contributed by atoms with van der Waals surface area (Å²) in [7, 11) is 0. The number of nitrogens with zero attached hydrogens (tertiary/aromatic N) is 2. The Hall–Kier alpha value is -0.180. The van der Waals surface area contributed by atoms with Crippen molar-refractivity contribution in [3.63, 3.8) is 0 Å². The van der Waals surface area contributed by atoms with E-state index in [1.165, 1.54) is 19.4 Å². The first-order valence-corrected chi connectivity index (χ1v) is 4.53. The Morgan fingerprint density at radius 2 is 1.83 bits per heavy atom. The number of hydrogen-bond acceptors (Lipinski definition) is 2. The van der Waals surface area contributed by atoms with Gasteiger partial charge in [0.2, 0.25) is 0 Å². The predicted octanol–water partition coefficient (Wildman–Crippen LogP) is 2.43. The first-order valence-electron chi connectivity index (χ1n) is 4.53. The molecule has 0 aromatic rings. The van der Waals surface area contributed by atoms with Gasteiger partial charge in [-0.25, -0.2) is 0 Å². The largest absolute Gasteiger partial charge is 0.359 e. The van der Waals surface area contributed by atoms with Crippen LogP contribution in [0, 0.1) is 0 Å². The fourth-order valence-corrected chi connectivity index (χ4v) is 1.23. The molecule has 0 amide bonds. The average Bonchev–Trinajstić information content (AvgIpc) is 2.48. The lowest BCUT2D eigenvalue weighted by Crippen LogP contribution is -2.25. The van der Waals surface area contributed by atoms with Crippen LogP contribution in [0.5, 0.6) is 0 Å². The van der Waals surface area contributed by atoms with Gasteiger partial charge in [-0.1, -0.05) is 13.3 Å². The molecule has 1 heterocycles. The summed E-state index contributed by atoms with van der Waals surface area (Å²) in [6.45, 7) is 7.85. The normalized spacial score (nSPS) is 15.2. The van der Waals surface area contributed by atoms with Crippen LogP contribution in [0.1, 0.15) is 26.7 Å². The number of halogens is 1. The van der Waals surface area contributed by atoms with Gasteiger partial charge in [-0.05, 0) is 13.3 Å². The Morgan fingerprint density at radius 1 is 1.17 bits per heavy atom. The van der Waals surface area contributed by atoms with Crippen molar-refractivity contribution in [1.82, 2.24) is 9.80 Å². The van der Waals surface area contributed by atoms with Crippen LogP contribution in [0.15, 0.2) is 12.4 Å². The standard InChI is InChI=1S/C9H18N2.BrH/c1-3-5-6-11-8-7-10(4-2)9-11;/h7-8H,3-6,9H2,1-2H3;1H. The van der Waals surface area contributed by atoms with Crippen molar-refractivity contribution in [2.45, 2.75) is 26.7 Å². The molecular formula is C9H19BrN2. The summed E-state index contributed by atoms with van der Waals surface area (Å²) in [5.74, 6) is 0. The summed E-state index contributed by atoms with van der Waals surface area (Å²) in [5.41, 5.74) is 0. The van der Waals surface area contributed by atoms with E-state index in [0.717, 1.165) is 13.2 Å². The van der Waals surface area contributed by atoms with Crippen molar-refractivity contribution < 1.29 is 0 Å². The third kappa shape index (κ3) is 3.48. The summed E-state index contributed by atoms with van der Waals surface area (Å²) in [6.07, 6.45) is 6.97. The summed E-state index contributed by atoms with van der Waals surface area (Å²) < 4.78 is 0. The Labute approximate surface area is 86.0 Å². The Morgan fingerprint density at radius 3 is 2.33 bits per heavy atom. The summed E-state index contributed by atoms with van der Waals surface area (Å²) in [5, 5.41) is 0. The molecule has 0 aromatic carbocycles. The quantitative estimate of drug-likeness (QED) is 0.738. The van der Waals surface area contributed by atoms with Crippen molar-refractivity contribution in [3.8, 4) is 0 Å². The van der Waals surface area contributed by atoms with Crippen molar-refractivity contribution >= 4 is 17.0 Å². The second-order valence-corrected chi connectivity index (χ2v) is 3.01. The van der Waals surface area contributed by atoms with E-state index in [4.69, 9.17) is 0 Å². The van der Waals surface area contributed by atoms with Gasteiger partial charge in [-0.2, -0.15) is 0 Å². The van der Waals surface area contributed by atoms with E-state index in [1.807, 2.05) is 0 Å². The number of rotatable bonds is 4. The highest BCUT2D eigenvalue weighted by molar-refractivity contribution is 8.93. The van der Waals surface area contributed by atoms with Crippen molar-refractivity contribution in [2.24, 2.45) is 0 Å². The summed E-state index contributed by atoms with van der Waals surface area (Å²) >= 11 is 0. The van der Waals surface area contributed by atoms with Crippen LogP contribution in [0.2, 0.25) is 0 Å². The zero-order valence-corrected chi connectivity index (χ0v) is 9.71. The average molecular weight is 235 g/mol. The van der Waals surface area contributed by atoms with Gasteiger partial charge in [0.05, 0.1) is 6.67 Å². The smallest absolute Gasteiger partial charge is 0.0893 e. The number of hydrogen-bond donors (Lipinski definition) is 0. The molecule has 72 valence electrons. The van der Waals surface area contributed by atoms with E-state index in [9.17, 15) is 0 Å². The molecule has 0 saturated heterocycles. The maximum atomic E-state index is 2.37. The third-order valence-electron chi connectivity index (χ3n) is 2.06. The van der Waals surface area contributed by atoms with Crippen LogP contribution in [-0.4, -0.2) is 29.6 Å². The SMILES string of the molecule is Br.CCCCN1C=CN(CC)C1. The van der Waals surface area contributed by atoms with Crippen LogP contribution >= 0.6 is 17.0 Å². The Bertz CT molecular complexity index is 136. The van der Waals surface area contributed by atoms with Crippen molar-refractivity contribution in [3.05, 3.63) is 12.4 Å². The van der Waals surface area contributed by atoms with E-state index in [-0.39, 0.29) is 17.0 Å². The highest BCUT2D eigenvalue weighted by Gasteiger charge is 2.08. The molecule has 0 atom stereocenters. The molecule has 12 heavy (non-hydrogen) atoms. The Balaban J connectivity index is 0.00000121. The molecule has 3 heteroatoms. The summed E-state index contributed by atoms with van der Waals surface area (Å²) in [6, 6.07) is 0. The molecule has 1 aliphatic rings. The minimum absolute atomic E-state index is 0. The lowest BCUT2D eigenvalue weighted by molar-refractivity contribution is 0.270. The molecular weight excluding hydrogens is 216 g/mol. The van der Waals surface area contributed by atoms with Gasteiger partial charge < -0.3 is 9.80 Å². The molecule has 0 aliphatic carbocycles. The predicted molar refractivity (Wildman–Crippen MR) is 58.3 cm³/mol. The van der Waals surface area contributed by atoms with Crippen LogP contribution in [-0.2, 0) is 0 Å². The fourth-order valence-electron chi connectivity index (χ4n) is 1.23. The van der Waals surface area contributed by atoms with Crippen molar-refractivity contribution in [1.29, 1.82) is 0 Å². The van der Waals surface area contributed by atoms with Crippen molar-refractivity contribution in [2.75, 3.05) is 19.8 Å². The van der Waals surface area contributed by atoms with Gasteiger partial charge in [0.1, 0.15) is 0 Å². The number of unbranched alkanes of at least 4 members (excludes halogenated alkanes) is 1. The third-order valence-corrected chi connectivity index (χ3v) is 2.06. The summed E-state index contributed by atoms with van der Waals surface area (Å²) in [4.78, 5) is 4.68. The topological polar surface area (TPSA) is 6.48 Å². The van der Waals surface area contributed by atoms with Crippen LogP contribution in [0.25, 0.3) is 0 Å². The molecule has 0 spiro atoms. The lowest BCUT2D eigenvalue weighted by atomic mass is 10.3. The molecule has 0 saturated carbocycles. The van der Waals surface area contributed by atoms with E-state index >= 15 is 0 Å². The minimum atomic E-state index is 0. The monoisotopic (exact) mass is 234 g/mol. The minimum Gasteiger partial charge on any atom is -0.359 e. The second kappa shape index (κ2) is 6.35. The Kier molecular flexibility index (Phi) is 6.25. The van der Waals surface area contributed by atoms with Gasteiger partial charge in [0.15, 0.2) is 0 Å². The fraction of sp³-hybridized carbons (Fsp3) is 0.778. The van der Waals surface area contributed by atoms with Gasteiger partial charge >= 0.3 is 0 Å². The highest BCUT2D eigenvalue weighted by Crippen LogP contribution is 2.06. The van der Waals surface area contributed by atoms with E-state index in [0.29, 0.717) is 0 Å². The van der Waals surface area contributed by atoms with E-state index < -0.39 is 0 Å². The maximum absolute atomic E-state index is 2.37. The molecule has 0 unspecified atom stereocenters. The molecule has 0 fully saturated rings. The zero-order chi connectivity index (χ0) is 8.10. The molecule has 1 rings (SSSR count). The van der Waals surface area contributed by atoms with Gasteiger partial charge in [-0.3, -0.25) is 0 Å². The van der Waals surface area contributed by atoms with E-state index in [2.05, 4.69) is 36.0 Å². The molecule has 0 radical (unpaired) electrons. The van der Waals surface area contributed by atoms with Crippen LogP contribution in [0.4, 0.5) is 0 Å². The van der Waals surface area contributed by atoms with Crippen LogP contribution < -0.4 is 0 Å². The zero-order valence-electron chi connectivity index (χ0n) is 7.99. The molecule has 2 nitrogen and oxygen atoms in total. The van der Waals surface area contributed by atoms with Gasteiger partial charge in [-0.15, -0.1) is 17.0 Å². The molecule has 0 bridgehead atoms. The first kappa shape index (κ1) is 11.8. The highest BCUT2D eigenvalue weighted by atomic mass is 79.9. The lowest BCUT2D eigenvalue weighted by Gasteiger charge is -2.19. The molecule has 1 aliphatic heterocycles. The molecule has 0 N–H and O–H groups in total. The van der Waals surface area contributed by atoms with E-state index in [1.54, 1.807) is 0 Å². The second-order valence-electron chi connectivity index (χ2n) is 3.01. The van der Waals surface area contributed by atoms with Gasteiger partial charge in [0.25, 0.3) is 0 Å². The molecule has 0 aromatic heterocycles. The van der Waals surface area contributed by atoms with Crippen LogP contribution in [0.3, 0.4) is 0 Å².